The van der Waals surface area contributed by atoms with Gasteiger partial charge >= 0.3 is 0 Å². The topological polar surface area (TPSA) is 75.4 Å². The first-order valence-corrected chi connectivity index (χ1v) is 6.89. The number of nitrogens with zero attached hydrogens (tertiary/aromatic N) is 1. The van der Waals surface area contributed by atoms with Crippen molar-refractivity contribution in [3.8, 4) is 10.8 Å². The van der Waals surface area contributed by atoms with Crippen LogP contribution in [0.4, 0.5) is 0 Å². The highest BCUT2D eigenvalue weighted by Gasteiger charge is 2.25. The molecule has 0 aromatic carbocycles. The van der Waals surface area contributed by atoms with E-state index in [1.54, 1.807) is 30.7 Å². The van der Waals surface area contributed by atoms with Gasteiger partial charge in [0.1, 0.15) is 5.69 Å². The molecule has 6 heteroatoms. The number of nitrogens with one attached hydrogen (secondary N) is 1. The molecule has 0 spiro atoms. The quantitative estimate of drug-likeness (QED) is 0.881. The minimum absolute atomic E-state index is 0.107. The summed E-state index contributed by atoms with van der Waals surface area (Å²) < 4.78 is 5.23. The van der Waals surface area contributed by atoms with Crippen molar-refractivity contribution >= 4 is 17.2 Å². The van der Waals surface area contributed by atoms with Crippen LogP contribution in [0.1, 0.15) is 30.8 Å². The number of hydrogen-bond donors (Lipinski definition) is 2. The molecule has 5 nitrogen and oxygen atoms in total. The third-order valence-corrected chi connectivity index (χ3v) is 3.87. The molecule has 2 aromatic heterocycles. The van der Waals surface area contributed by atoms with Gasteiger partial charge in [-0.05, 0) is 25.5 Å². The fourth-order valence-electron chi connectivity index (χ4n) is 1.47. The van der Waals surface area contributed by atoms with E-state index in [4.69, 9.17) is 4.42 Å². The zero-order chi connectivity index (χ0) is 13.9. The summed E-state index contributed by atoms with van der Waals surface area (Å²) in [5.74, 6) is 0.358. The summed E-state index contributed by atoms with van der Waals surface area (Å²) in [5.41, 5.74) is -0.282. The molecule has 19 heavy (non-hydrogen) atoms. The predicted molar refractivity (Wildman–Crippen MR) is 73.1 cm³/mol. The lowest BCUT2D eigenvalue weighted by molar-refractivity contribution is 0.0843. The second-order valence-corrected chi connectivity index (χ2v) is 5.40. The second-order valence-electron chi connectivity index (χ2n) is 4.54. The number of carbonyl (C=O) groups excluding carboxylic acids is 1. The average Bonchev–Trinajstić information content (AvgIpc) is 3.08. The Morgan fingerprint density at radius 2 is 2.42 bits per heavy atom. The summed E-state index contributed by atoms with van der Waals surface area (Å²) in [7, 11) is 0. The zero-order valence-electron chi connectivity index (χ0n) is 10.8. The number of aromatic nitrogens is 1. The summed E-state index contributed by atoms with van der Waals surface area (Å²) in [6.45, 7) is 3.60. The van der Waals surface area contributed by atoms with Crippen molar-refractivity contribution in [3.63, 3.8) is 0 Å². The van der Waals surface area contributed by atoms with Gasteiger partial charge in [-0.2, -0.15) is 0 Å². The highest BCUT2D eigenvalue weighted by molar-refractivity contribution is 7.13. The number of hydrogen-bond acceptors (Lipinski definition) is 5. The lowest BCUT2D eigenvalue weighted by atomic mass is 10.0. The number of furan rings is 1. The molecule has 2 N–H and O–H groups in total. The molecule has 0 aliphatic heterocycles. The van der Waals surface area contributed by atoms with E-state index in [1.165, 1.54) is 11.3 Å². The van der Waals surface area contributed by atoms with Crippen molar-refractivity contribution in [2.45, 2.75) is 25.8 Å². The lowest BCUT2D eigenvalue weighted by Crippen LogP contribution is -2.48. The number of aliphatic hydroxyl groups is 1. The average molecular weight is 280 g/mol. The largest absolute Gasteiger partial charge is 0.462 e. The molecule has 1 amide bonds. The molecule has 0 aliphatic rings. The molecular weight excluding hydrogens is 264 g/mol. The fourth-order valence-corrected chi connectivity index (χ4v) is 2.24. The summed E-state index contributed by atoms with van der Waals surface area (Å²) in [4.78, 5) is 16.3. The molecular formula is C13H16N2O3S. The van der Waals surface area contributed by atoms with Crippen molar-refractivity contribution in [2.75, 3.05) is 6.61 Å². The van der Waals surface area contributed by atoms with Crippen molar-refractivity contribution < 1.29 is 14.3 Å². The highest BCUT2D eigenvalue weighted by atomic mass is 32.1. The third-order valence-electron chi connectivity index (χ3n) is 3.01. The molecule has 0 aliphatic carbocycles. The third kappa shape index (κ3) is 3.02. The van der Waals surface area contributed by atoms with Gasteiger partial charge in [-0.25, -0.2) is 4.98 Å². The van der Waals surface area contributed by atoms with Crippen LogP contribution in [0.25, 0.3) is 10.8 Å². The van der Waals surface area contributed by atoms with Gasteiger partial charge in [0, 0.05) is 5.38 Å². The van der Waals surface area contributed by atoms with Crippen LogP contribution >= 0.6 is 11.3 Å². The van der Waals surface area contributed by atoms with Crippen LogP contribution in [0.5, 0.6) is 0 Å². The first kappa shape index (κ1) is 13.8. The van der Waals surface area contributed by atoms with Crippen LogP contribution < -0.4 is 5.32 Å². The van der Waals surface area contributed by atoms with Crippen molar-refractivity contribution in [2.24, 2.45) is 0 Å². The molecule has 0 saturated heterocycles. The Balaban J connectivity index is 2.13. The van der Waals surface area contributed by atoms with Crippen LogP contribution in [0, 0.1) is 0 Å². The Hall–Kier alpha value is -1.66. The standard InChI is InChI=1S/C13H16N2O3S/c1-3-13(2,8-16)15-11(17)9-7-19-12(14-9)10-5-4-6-18-10/h4-7,16H,3,8H2,1-2H3,(H,15,17). The number of rotatable bonds is 5. The normalized spacial score (nSPS) is 14.1. The molecule has 0 fully saturated rings. The minimum Gasteiger partial charge on any atom is -0.462 e. The molecule has 1 unspecified atom stereocenters. The first-order valence-electron chi connectivity index (χ1n) is 6.01. The summed E-state index contributed by atoms with van der Waals surface area (Å²) in [6, 6.07) is 3.57. The van der Waals surface area contributed by atoms with Crippen LogP contribution in [0.3, 0.4) is 0 Å². The van der Waals surface area contributed by atoms with E-state index in [0.717, 1.165) is 0 Å². The Bertz CT molecular complexity index is 544. The van der Waals surface area contributed by atoms with Gasteiger partial charge in [0.25, 0.3) is 5.91 Å². The van der Waals surface area contributed by atoms with Crippen LogP contribution in [0.15, 0.2) is 28.2 Å². The maximum absolute atomic E-state index is 12.1. The van der Waals surface area contributed by atoms with E-state index in [1.807, 2.05) is 6.92 Å². The van der Waals surface area contributed by atoms with Gasteiger partial charge < -0.3 is 14.8 Å². The van der Waals surface area contributed by atoms with Gasteiger partial charge in [-0.3, -0.25) is 4.79 Å². The van der Waals surface area contributed by atoms with Gasteiger partial charge in [-0.15, -0.1) is 11.3 Å². The van der Waals surface area contributed by atoms with Crippen LogP contribution in [0.2, 0.25) is 0 Å². The van der Waals surface area contributed by atoms with Gasteiger partial charge in [0.05, 0.1) is 18.4 Å². The smallest absolute Gasteiger partial charge is 0.271 e. The molecule has 102 valence electrons. The van der Waals surface area contributed by atoms with E-state index in [9.17, 15) is 9.90 Å². The van der Waals surface area contributed by atoms with Crippen molar-refractivity contribution in [1.29, 1.82) is 0 Å². The lowest BCUT2D eigenvalue weighted by Gasteiger charge is -2.26. The number of carbonyl (C=O) groups is 1. The van der Waals surface area contributed by atoms with Crippen molar-refractivity contribution in [1.82, 2.24) is 10.3 Å². The van der Waals surface area contributed by atoms with E-state index in [2.05, 4.69) is 10.3 Å². The molecule has 1 atom stereocenters. The molecule has 2 rings (SSSR count). The highest BCUT2D eigenvalue weighted by Crippen LogP contribution is 2.24. The van der Waals surface area contributed by atoms with Gasteiger partial charge in [0.15, 0.2) is 10.8 Å². The number of aliphatic hydroxyl groups excluding tert-OH is 1. The maximum atomic E-state index is 12.1. The monoisotopic (exact) mass is 280 g/mol. The molecule has 2 aromatic rings. The molecule has 0 bridgehead atoms. The Kier molecular flexibility index (Phi) is 4.01. The fraction of sp³-hybridized carbons (Fsp3) is 0.385. The maximum Gasteiger partial charge on any atom is 0.271 e. The van der Waals surface area contributed by atoms with Crippen LogP contribution in [-0.2, 0) is 0 Å². The number of thiazole rings is 1. The zero-order valence-corrected chi connectivity index (χ0v) is 11.7. The van der Waals surface area contributed by atoms with Gasteiger partial charge in [0.2, 0.25) is 0 Å². The van der Waals surface area contributed by atoms with E-state index in [-0.39, 0.29) is 12.5 Å². The minimum atomic E-state index is -0.619. The molecule has 2 heterocycles. The molecule has 0 saturated carbocycles. The second kappa shape index (κ2) is 5.54. The van der Waals surface area contributed by atoms with E-state index >= 15 is 0 Å². The predicted octanol–water partition coefficient (Wildman–Crippen LogP) is 2.29. The Morgan fingerprint density at radius 1 is 1.63 bits per heavy atom. The summed E-state index contributed by atoms with van der Waals surface area (Å²) in [5, 5.41) is 14.4. The first-order chi connectivity index (χ1) is 9.08. The SMILES string of the molecule is CCC(C)(CO)NC(=O)c1csc(-c2ccco2)n1. The summed E-state index contributed by atoms with van der Waals surface area (Å²) in [6.07, 6.45) is 2.21. The van der Waals surface area contributed by atoms with E-state index in [0.29, 0.717) is 22.9 Å². The van der Waals surface area contributed by atoms with Crippen LogP contribution in [-0.4, -0.2) is 28.1 Å². The van der Waals surface area contributed by atoms with E-state index < -0.39 is 5.54 Å². The Labute approximate surface area is 115 Å². The van der Waals surface area contributed by atoms with Crippen molar-refractivity contribution in [3.05, 3.63) is 29.5 Å². The number of amides is 1. The summed E-state index contributed by atoms with van der Waals surface area (Å²) >= 11 is 1.35. The molecule has 0 radical (unpaired) electrons. The van der Waals surface area contributed by atoms with Gasteiger partial charge in [-0.1, -0.05) is 6.92 Å². The Morgan fingerprint density at radius 3 is 3.00 bits per heavy atom.